The van der Waals surface area contributed by atoms with Crippen LogP contribution in [0.3, 0.4) is 0 Å². The molecule has 2 aromatic carbocycles. The minimum atomic E-state index is -1.28. The fourth-order valence-electron chi connectivity index (χ4n) is 7.87. The van der Waals surface area contributed by atoms with Crippen molar-refractivity contribution >= 4 is 40.7 Å². The molecule has 2 bridgehead atoms. The van der Waals surface area contributed by atoms with Crippen molar-refractivity contribution < 1.29 is 29.0 Å². The van der Waals surface area contributed by atoms with Gasteiger partial charge >= 0.3 is 0 Å². The molecule has 6 atom stereocenters. The van der Waals surface area contributed by atoms with Gasteiger partial charge in [0, 0.05) is 18.8 Å². The smallest absolute Gasteiger partial charge is 0.253 e. The number of anilines is 2. The number of aliphatic hydroxyl groups is 1. The van der Waals surface area contributed by atoms with Crippen LogP contribution in [0.2, 0.25) is 5.02 Å². The number of para-hydroxylation sites is 1. The Balaban J connectivity index is 1.62. The summed E-state index contributed by atoms with van der Waals surface area (Å²) in [5.74, 6) is -2.14. The quantitative estimate of drug-likeness (QED) is 0.295. The van der Waals surface area contributed by atoms with E-state index in [0.29, 0.717) is 48.0 Å². The van der Waals surface area contributed by atoms with E-state index in [1.54, 1.807) is 40.2 Å². The van der Waals surface area contributed by atoms with Crippen molar-refractivity contribution in [2.75, 3.05) is 36.1 Å². The largest absolute Gasteiger partial charge is 0.494 e. The summed E-state index contributed by atoms with van der Waals surface area (Å²) in [6.45, 7) is 15.8. The van der Waals surface area contributed by atoms with Gasteiger partial charge < -0.3 is 29.3 Å². The number of rotatable bonds is 13. The van der Waals surface area contributed by atoms with Gasteiger partial charge in [-0.05, 0) is 75.9 Å². The monoisotopic (exact) mass is 649 g/mol. The number of aryl methyl sites for hydroxylation is 1. The number of hydrogen-bond donors (Lipinski definition) is 1. The predicted octanol–water partition coefficient (Wildman–Crippen LogP) is 5.32. The van der Waals surface area contributed by atoms with Crippen LogP contribution < -0.4 is 14.5 Å². The van der Waals surface area contributed by atoms with Gasteiger partial charge in [0.25, 0.3) is 5.91 Å². The Hall–Kier alpha value is -3.66. The number of halogens is 1. The lowest BCUT2D eigenvalue weighted by molar-refractivity contribution is -0.148. The molecule has 3 heterocycles. The van der Waals surface area contributed by atoms with Gasteiger partial charge in [0.1, 0.15) is 17.4 Å². The summed E-state index contributed by atoms with van der Waals surface area (Å²) >= 11 is 6.67. The van der Waals surface area contributed by atoms with Crippen molar-refractivity contribution in [1.29, 1.82) is 0 Å². The lowest BCUT2D eigenvalue weighted by atomic mass is 9.66. The number of carbonyl (C=O) groups excluding carboxylic acids is 3. The van der Waals surface area contributed by atoms with Gasteiger partial charge in [0.2, 0.25) is 11.8 Å². The van der Waals surface area contributed by atoms with Crippen molar-refractivity contribution in [3.63, 3.8) is 0 Å². The molecule has 1 N–H and O–H groups in total. The molecule has 1 spiro atoms. The maximum atomic E-state index is 14.9. The van der Waals surface area contributed by atoms with E-state index in [2.05, 4.69) is 13.2 Å². The second-order valence-corrected chi connectivity index (χ2v) is 12.9. The Bertz CT molecular complexity index is 1490. The van der Waals surface area contributed by atoms with E-state index in [9.17, 15) is 19.5 Å². The molecular weight excluding hydrogens is 606 g/mol. The summed E-state index contributed by atoms with van der Waals surface area (Å²) in [7, 11) is 0. The Morgan fingerprint density at radius 2 is 1.78 bits per heavy atom. The maximum absolute atomic E-state index is 14.9. The molecule has 3 saturated heterocycles. The van der Waals surface area contributed by atoms with Crippen LogP contribution in [-0.2, 0) is 19.1 Å². The number of hydrogen-bond acceptors (Lipinski definition) is 6. The summed E-state index contributed by atoms with van der Waals surface area (Å²) in [4.78, 5) is 49.0. The number of fused-ring (bicyclic) bond motifs is 1. The van der Waals surface area contributed by atoms with Gasteiger partial charge in [-0.3, -0.25) is 14.4 Å². The third-order valence-corrected chi connectivity index (χ3v) is 10.2. The molecule has 3 aliphatic heterocycles. The van der Waals surface area contributed by atoms with Crippen LogP contribution in [0.5, 0.6) is 5.75 Å². The third-order valence-electron chi connectivity index (χ3n) is 9.86. The molecule has 10 heteroatoms. The first-order valence-electron chi connectivity index (χ1n) is 16.0. The molecule has 0 aliphatic carbocycles. The minimum absolute atomic E-state index is 0.142. The van der Waals surface area contributed by atoms with Crippen LogP contribution in [0.4, 0.5) is 11.4 Å². The second kappa shape index (κ2) is 13.2. The minimum Gasteiger partial charge on any atom is -0.494 e. The Morgan fingerprint density at radius 1 is 1.11 bits per heavy atom. The molecule has 246 valence electrons. The average Bonchev–Trinajstić information content (AvgIpc) is 3.61. The lowest BCUT2D eigenvalue weighted by Crippen LogP contribution is -2.59. The zero-order chi connectivity index (χ0) is 33.4. The van der Waals surface area contributed by atoms with E-state index in [4.69, 9.17) is 21.1 Å². The van der Waals surface area contributed by atoms with Crippen LogP contribution in [0.15, 0.2) is 67.8 Å². The molecule has 2 unspecified atom stereocenters. The van der Waals surface area contributed by atoms with Crippen LogP contribution in [0.25, 0.3) is 0 Å². The number of carbonyl (C=O) groups is 3. The fraction of sp³-hybridized carbons (Fsp3) is 0.472. The third kappa shape index (κ3) is 5.32. The molecule has 0 saturated carbocycles. The average molecular weight is 650 g/mol. The molecule has 2 aromatic rings. The second-order valence-electron chi connectivity index (χ2n) is 12.5. The van der Waals surface area contributed by atoms with Gasteiger partial charge in [0.05, 0.1) is 47.4 Å². The number of aliphatic hydroxyl groups excluding tert-OH is 1. The molecular formula is C36H44ClN3O6. The number of amides is 3. The normalized spacial score (nSPS) is 26.9. The van der Waals surface area contributed by atoms with Crippen molar-refractivity contribution in [2.24, 2.45) is 11.8 Å². The first kappa shape index (κ1) is 33.7. The predicted molar refractivity (Wildman–Crippen MR) is 179 cm³/mol. The van der Waals surface area contributed by atoms with E-state index >= 15 is 0 Å². The standard InChI is InChI=1S/C36H44ClN3O6/c1-7-20-38(25-14-16-26(17-15-25)45-10-4)32(42)28-29-33(43)40(24(9-3)22-41)31(36(29)19-18-35(28,6)46-36)34(44)39(21-8-2)30-23(5)12-11-13-27(30)37/h7-8,11-17,24,28-29,31,41H,1-2,9-10,18-22H2,3-6H3/t24-,28-,29-,31?,35+,36?/m0/s1. The highest BCUT2D eigenvalue weighted by atomic mass is 35.5. The molecule has 9 nitrogen and oxygen atoms in total. The van der Waals surface area contributed by atoms with Gasteiger partial charge in [0.15, 0.2) is 0 Å². The summed E-state index contributed by atoms with van der Waals surface area (Å²) in [5, 5.41) is 10.9. The van der Waals surface area contributed by atoms with Crippen LogP contribution >= 0.6 is 11.6 Å². The summed E-state index contributed by atoms with van der Waals surface area (Å²) in [5.41, 5.74) is -0.320. The van der Waals surface area contributed by atoms with Crippen molar-refractivity contribution in [1.82, 2.24) is 4.90 Å². The van der Waals surface area contributed by atoms with E-state index in [-0.39, 0.29) is 37.4 Å². The Labute approximate surface area is 276 Å². The van der Waals surface area contributed by atoms with E-state index in [1.807, 2.05) is 52.0 Å². The molecule has 3 amide bonds. The van der Waals surface area contributed by atoms with E-state index in [0.717, 1.165) is 5.56 Å². The molecule has 46 heavy (non-hydrogen) atoms. The van der Waals surface area contributed by atoms with Gasteiger partial charge in [-0.25, -0.2) is 0 Å². The van der Waals surface area contributed by atoms with E-state index < -0.39 is 35.1 Å². The molecule has 3 aliphatic rings. The molecule has 0 radical (unpaired) electrons. The number of likely N-dealkylation sites (tertiary alicyclic amines) is 1. The maximum Gasteiger partial charge on any atom is 0.253 e. The zero-order valence-corrected chi connectivity index (χ0v) is 27.8. The highest BCUT2D eigenvalue weighted by molar-refractivity contribution is 6.34. The van der Waals surface area contributed by atoms with Gasteiger partial charge in [-0.2, -0.15) is 0 Å². The van der Waals surface area contributed by atoms with Crippen LogP contribution in [-0.4, -0.2) is 77.3 Å². The summed E-state index contributed by atoms with van der Waals surface area (Å²) < 4.78 is 12.5. The topological polar surface area (TPSA) is 99.6 Å². The first-order chi connectivity index (χ1) is 22.0. The van der Waals surface area contributed by atoms with Crippen LogP contribution in [0, 0.1) is 18.8 Å². The number of nitrogens with zero attached hydrogens (tertiary/aromatic N) is 3. The molecule has 5 rings (SSSR count). The van der Waals surface area contributed by atoms with Crippen molar-refractivity contribution in [3.8, 4) is 5.75 Å². The van der Waals surface area contributed by atoms with Gasteiger partial charge in [-0.1, -0.05) is 42.8 Å². The fourth-order valence-corrected chi connectivity index (χ4v) is 8.19. The summed E-state index contributed by atoms with van der Waals surface area (Å²) in [6.07, 6.45) is 4.56. The first-order valence-corrected chi connectivity index (χ1v) is 16.4. The SMILES string of the molecule is C=CCN(C(=O)[C@@H]1[C@H]2C(=O)N([C@@H](CC)CO)C(C(=O)N(CC=C)c3c(C)cccc3Cl)C23CC[C@@]1(C)O3)c1ccc(OCC)cc1. The van der Waals surface area contributed by atoms with Crippen LogP contribution in [0.1, 0.15) is 45.6 Å². The number of benzene rings is 2. The lowest BCUT2D eigenvalue weighted by Gasteiger charge is -2.39. The summed E-state index contributed by atoms with van der Waals surface area (Å²) in [6, 6.07) is 10.9. The highest BCUT2D eigenvalue weighted by Gasteiger charge is 2.79. The van der Waals surface area contributed by atoms with E-state index in [1.165, 1.54) is 4.90 Å². The highest BCUT2D eigenvalue weighted by Crippen LogP contribution is 2.64. The van der Waals surface area contributed by atoms with Crippen molar-refractivity contribution in [2.45, 2.75) is 70.2 Å². The Morgan fingerprint density at radius 3 is 2.37 bits per heavy atom. The van der Waals surface area contributed by atoms with Gasteiger partial charge in [-0.15, -0.1) is 13.2 Å². The zero-order valence-electron chi connectivity index (χ0n) is 27.1. The molecule has 3 fully saturated rings. The van der Waals surface area contributed by atoms with Crippen molar-refractivity contribution in [3.05, 3.63) is 78.4 Å². The number of ether oxygens (including phenoxy) is 2. The molecule has 0 aromatic heterocycles. The Kier molecular flexibility index (Phi) is 9.68.